The number of aromatic nitrogens is 4. The molecule has 1 aliphatic carbocycles. The normalized spacial score (nSPS) is 15.7. The van der Waals surface area contributed by atoms with Crippen LogP contribution in [0, 0.1) is 0 Å². The average molecular weight is 386 g/mol. The molecule has 3 heterocycles. The lowest BCUT2D eigenvalue weighted by molar-refractivity contribution is -0.127. The molecule has 0 saturated carbocycles. The van der Waals surface area contributed by atoms with E-state index in [2.05, 4.69) is 27.7 Å². The van der Waals surface area contributed by atoms with Gasteiger partial charge in [0, 0.05) is 37.2 Å². The number of allylic oxidation sites excluding steroid dienone is 4. The monoisotopic (exact) mass is 386 g/mol. The standard InChI is InChI=1S/C22H22N6O/c29-20-11-5-13-27(20)14-6-12-23-21-18(16-9-4-10-16)15-19-24-25-22(28(19)26-21)17-7-2-1-3-8-17/h1-4,7-10,15H,5-6,11-14H2,(H,23,26). The highest BCUT2D eigenvalue weighted by Gasteiger charge is 2.20. The first-order chi connectivity index (χ1) is 14.3. The van der Waals surface area contributed by atoms with E-state index in [-0.39, 0.29) is 5.91 Å². The second-order valence-corrected chi connectivity index (χ2v) is 7.31. The van der Waals surface area contributed by atoms with Gasteiger partial charge in [0.2, 0.25) is 5.91 Å². The Labute approximate surface area is 168 Å². The van der Waals surface area contributed by atoms with Gasteiger partial charge in [-0.25, -0.2) is 0 Å². The van der Waals surface area contributed by atoms with E-state index >= 15 is 0 Å². The molecule has 1 N–H and O–H groups in total. The van der Waals surface area contributed by atoms with Crippen molar-refractivity contribution in [2.75, 3.05) is 25.0 Å². The number of nitrogens with one attached hydrogen (secondary N) is 1. The van der Waals surface area contributed by atoms with E-state index in [1.54, 1.807) is 4.52 Å². The summed E-state index contributed by atoms with van der Waals surface area (Å²) in [6, 6.07) is 12.0. The summed E-state index contributed by atoms with van der Waals surface area (Å²) in [4.78, 5) is 13.7. The molecule has 1 aromatic carbocycles. The van der Waals surface area contributed by atoms with Crippen molar-refractivity contribution >= 4 is 22.9 Å². The number of hydrogen-bond donors (Lipinski definition) is 1. The molecule has 146 valence electrons. The number of carbonyl (C=O) groups excluding carboxylic acids is 1. The molecule has 3 aromatic rings. The zero-order valence-electron chi connectivity index (χ0n) is 16.1. The maximum absolute atomic E-state index is 11.8. The van der Waals surface area contributed by atoms with Gasteiger partial charge in [0.25, 0.3) is 0 Å². The Morgan fingerprint density at radius 1 is 1.14 bits per heavy atom. The van der Waals surface area contributed by atoms with Gasteiger partial charge in [-0.1, -0.05) is 48.6 Å². The Morgan fingerprint density at radius 2 is 2.00 bits per heavy atom. The maximum Gasteiger partial charge on any atom is 0.222 e. The summed E-state index contributed by atoms with van der Waals surface area (Å²) >= 11 is 0. The molecule has 1 saturated heterocycles. The number of benzene rings is 1. The first-order valence-corrected chi connectivity index (χ1v) is 10.0. The van der Waals surface area contributed by atoms with Crippen LogP contribution in [-0.4, -0.2) is 50.3 Å². The highest BCUT2D eigenvalue weighted by molar-refractivity contribution is 5.87. The van der Waals surface area contributed by atoms with Gasteiger partial charge < -0.3 is 10.2 Å². The van der Waals surface area contributed by atoms with Crippen molar-refractivity contribution in [3.63, 3.8) is 0 Å². The van der Waals surface area contributed by atoms with Gasteiger partial charge in [0.15, 0.2) is 17.3 Å². The third-order valence-corrected chi connectivity index (χ3v) is 5.36. The summed E-state index contributed by atoms with van der Waals surface area (Å²) in [6.07, 6.45) is 8.69. The number of fused-ring (bicyclic) bond motifs is 1. The number of anilines is 1. The topological polar surface area (TPSA) is 75.4 Å². The minimum Gasteiger partial charge on any atom is -0.368 e. The molecular formula is C22H22N6O. The predicted octanol–water partition coefficient (Wildman–Crippen LogP) is 3.17. The summed E-state index contributed by atoms with van der Waals surface area (Å²) in [5.41, 5.74) is 3.83. The molecule has 1 aliphatic heterocycles. The molecular weight excluding hydrogens is 364 g/mol. The molecule has 0 radical (unpaired) electrons. The molecule has 7 heteroatoms. The van der Waals surface area contributed by atoms with Gasteiger partial charge in [-0.2, -0.15) is 4.52 Å². The lowest BCUT2D eigenvalue weighted by Crippen LogP contribution is -2.27. The zero-order chi connectivity index (χ0) is 19.6. The van der Waals surface area contributed by atoms with Crippen LogP contribution in [0.1, 0.15) is 24.8 Å². The SMILES string of the molecule is O=C1CCCN1CCCNc1nn2c(-c3ccccc3)nnc2cc1C1=CC=C1. The summed E-state index contributed by atoms with van der Waals surface area (Å²) in [5, 5.41) is 17.0. The van der Waals surface area contributed by atoms with Crippen molar-refractivity contribution in [2.45, 2.75) is 19.3 Å². The van der Waals surface area contributed by atoms with E-state index in [1.807, 2.05) is 47.4 Å². The van der Waals surface area contributed by atoms with Crippen molar-refractivity contribution < 1.29 is 4.79 Å². The van der Waals surface area contributed by atoms with E-state index in [4.69, 9.17) is 5.10 Å². The van der Waals surface area contributed by atoms with Gasteiger partial charge in [0.1, 0.15) is 0 Å². The number of rotatable bonds is 7. The third-order valence-electron chi connectivity index (χ3n) is 5.36. The van der Waals surface area contributed by atoms with E-state index in [1.165, 1.54) is 0 Å². The van der Waals surface area contributed by atoms with Crippen LogP contribution in [0.5, 0.6) is 0 Å². The van der Waals surface area contributed by atoms with Crippen molar-refractivity contribution in [3.05, 3.63) is 60.2 Å². The highest BCUT2D eigenvalue weighted by atomic mass is 16.2. The largest absolute Gasteiger partial charge is 0.368 e. The van der Waals surface area contributed by atoms with Crippen LogP contribution in [0.4, 0.5) is 5.82 Å². The summed E-state index contributed by atoms with van der Waals surface area (Å²) < 4.78 is 1.79. The molecule has 2 aromatic heterocycles. The maximum atomic E-state index is 11.8. The summed E-state index contributed by atoms with van der Waals surface area (Å²) in [7, 11) is 0. The average Bonchev–Trinajstić information content (AvgIpc) is 3.30. The van der Waals surface area contributed by atoms with Crippen molar-refractivity contribution in [2.24, 2.45) is 0 Å². The van der Waals surface area contributed by atoms with Gasteiger partial charge in [0.05, 0.1) is 0 Å². The fourth-order valence-electron chi connectivity index (χ4n) is 3.74. The predicted molar refractivity (Wildman–Crippen MR) is 112 cm³/mol. The fourth-order valence-corrected chi connectivity index (χ4v) is 3.74. The first kappa shape index (κ1) is 17.6. The van der Waals surface area contributed by atoms with Crippen LogP contribution < -0.4 is 5.32 Å². The number of hydrogen-bond acceptors (Lipinski definition) is 5. The second-order valence-electron chi connectivity index (χ2n) is 7.31. The number of likely N-dealkylation sites (tertiary alicyclic amines) is 1. The smallest absolute Gasteiger partial charge is 0.222 e. The molecule has 0 unspecified atom stereocenters. The summed E-state index contributed by atoms with van der Waals surface area (Å²) in [6.45, 7) is 2.41. The number of nitrogens with zero attached hydrogens (tertiary/aromatic N) is 5. The first-order valence-electron chi connectivity index (χ1n) is 10.0. The van der Waals surface area contributed by atoms with Gasteiger partial charge in [-0.3, -0.25) is 4.79 Å². The van der Waals surface area contributed by atoms with Crippen LogP contribution in [0.2, 0.25) is 0 Å². The van der Waals surface area contributed by atoms with Gasteiger partial charge in [-0.05, 0) is 24.5 Å². The highest BCUT2D eigenvalue weighted by Crippen LogP contribution is 2.29. The van der Waals surface area contributed by atoms with E-state index in [9.17, 15) is 4.79 Å². The second kappa shape index (κ2) is 7.50. The van der Waals surface area contributed by atoms with Gasteiger partial charge in [-0.15, -0.1) is 15.3 Å². The van der Waals surface area contributed by atoms with Crippen LogP contribution >= 0.6 is 0 Å². The van der Waals surface area contributed by atoms with Crippen molar-refractivity contribution in [1.29, 1.82) is 0 Å². The lowest BCUT2D eigenvalue weighted by Gasteiger charge is -2.17. The molecule has 2 aliphatic rings. The van der Waals surface area contributed by atoms with Crippen LogP contribution in [0.15, 0.2) is 54.6 Å². The van der Waals surface area contributed by atoms with Crippen LogP contribution in [0.25, 0.3) is 22.6 Å². The number of amides is 1. The Balaban J connectivity index is 1.40. The zero-order valence-corrected chi connectivity index (χ0v) is 16.1. The number of carbonyl (C=O) groups is 1. The minimum atomic E-state index is 0.270. The molecule has 7 nitrogen and oxygen atoms in total. The molecule has 1 fully saturated rings. The van der Waals surface area contributed by atoms with E-state index in [0.29, 0.717) is 12.1 Å². The molecule has 0 atom stereocenters. The Morgan fingerprint density at radius 3 is 2.72 bits per heavy atom. The van der Waals surface area contributed by atoms with Crippen molar-refractivity contribution in [3.8, 4) is 11.4 Å². The Kier molecular flexibility index (Phi) is 4.56. The molecule has 0 spiro atoms. The Hall–Kier alpha value is -3.48. The third kappa shape index (κ3) is 3.40. The van der Waals surface area contributed by atoms with Crippen LogP contribution in [-0.2, 0) is 4.79 Å². The van der Waals surface area contributed by atoms with Gasteiger partial charge >= 0.3 is 0 Å². The molecule has 0 bridgehead atoms. The molecule has 29 heavy (non-hydrogen) atoms. The summed E-state index contributed by atoms with van der Waals surface area (Å²) in [5.74, 6) is 1.79. The van der Waals surface area contributed by atoms with E-state index < -0.39 is 0 Å². The minimum absolute atomic E-state index is 0.270. The Bertz CT molecular complexity index is 1120. The van der Waals surface area contributed by atoms with E-state index in [0.717, 1.165) is 60.8 Å². The molecule has 1 amide bonds. The molecule has 5 rings (SSSR count). The lowest BCUT2D eigenvalue weighted by atomic mass is 10.0. The van der Waals surface area contributed by atoms with Crippen LogP contribution in [0.3, 0.4) is 0 Å². The van der Waals surface area contributed by atoms with Crippen molar-refractivity contribution in [1.82, 2.24) is 24.7 Å². The fraction of sp³-hybridized carbons (Fsp3) is 0.273. The quantitative estimate of drug-likeness (QED) is 0.631.